The summed E-state index contributed by atoms with van der Waals surface area (Å²) in [6, 6.07) is 10.1. The Morgan fingerprint density at radius 1 is 1.30 bits per heavy atom. The fourth-order valence-electron chi connectivity index (χ4n) is 2.08. The lowest BCUT2D eigenvalue weighted by atomic mass is 10.1. The first-order valence-electron chi connectivity index (χ1n) is 6.97. The van der Waals surface area contributed by atoms with Gasteiger partial charge in [-0.2, -0.15) is 4.37 Å². The van der Waals surface area contributed by atoms with Crippen LogP contribution < -0.4 is 11.1 Å². The summed E-state index contributed by atoms with van der Waals surface area (Å²) in [7, 11) is 0. The first kappa shape index (κ1) is 13.4. The van der Waals surface area contributed by atoms with E-state index in [1.54, 1.807) is 0 Å². The van der Waals surface area contributed by atoms with Gasteiger partial charge in [0.1, 0.15) is 10.8 Å². The second kappa shape index (κ2) is 6.24. The summed E-state index contributed by atoms with van der Waals surface area (Å²) in [6.45, 7) is 2.41. The number of hydrogen-bond donors (Lipinski definition) is 2. The van der Waals surface area contributed by atoms with Crippen molar-refractivity contribution >= 4 is 22.4 Å². The number of nitrogens with one attached hydrogen (secondary N) is 1. The highest BCUT2D eigenvalue weighted by Gasteiger charge is 2.21. The van der Waals surface area contributed by atoms with E-state index in [0.29, 0.717) is 5.82 Å². The highest BCUT2D eigenvalue weighted by Crippen LogP contribution is 2.36. The van der Waals surface area contributed by atoms with Crippen LogP contribution in [0.25, 0.3) is 11.1 Å². The molecule has 0 spiro atoms. The van der Waals surface area contributed by atoms with Crippen molar-refractivity contribution in [2.45, 2.75) is 12.8 Å². The Kier molecular flexibility index (Phi) is 4.18. The number of rotatable bonds is 7. The molecule has 1 aromatic carbocycles. The maximum absolute atomic E-state index is 5.98. The molecule has 1 heterocycles. The lowest BCUT2D eigenvalue weighted by molar-refractivity contribution is 0.134. The summed E-state index contributed by atoms with van der Waals surface area (Å²) in [5.41, 5.74) is 8.08. The maximum atomic E-state index is 5.98. The molecule has 4 nitrogen and oxygen atoms in total. The van der Waals surface area contributed by atoms with E-state index in [4.69, 9.17) is 10.5 Å². The van der Waals surface area contributed by atoms with E-state index in [2.05, 4.69) is 21.8 Å². The minimum atomic E-state index is 0.586. The fraction of sp³-hybridized carbons (Fsp3) is 0.400. The molecule has 3 rings (SSSR count). The molecule has 0 saturated heterocycles. The van der Waals surface area contributed by atoms with Gasteiger partial charge in [0.15, 0.2) is 0 Å². The van der Waals surface area contributed by atoms with E-state index in [1.807, 2.05) is 18.2 Å². The Labute approximate surface area is 123 Å². The molecule has 1 saturated carbocycles. The largest absolute Gasteiger partial charge is 0.382 e. The first-order chi connectivity index (χ1) is 9.84. The second-order valence-corrected chi connectivity index (χ2v) is 5.86. The number of anilines is 2. The smallest absolute Gasteiger partial charge is 0.147 e. The lowest BCUT2D eigenvalue weighted by Gasteiger charge is -2.08. The van der Waals surface area contributed by atoms with E-state index < -0.39 is 0 Å². The summed E-state index contributed by atoms with van der Waals surface area (Å²) in [5, 5.41) is 4.40. The van der Waals surface area contributed by atoms with Crippen LogP contribution in [0, 0.1) is 5.92 Å². The van der Waals surface area contributed by atoms with Crippen LogP contribution in [0.5, 0.6) is 0 Å². The molecule has 5 heteroatoms. The first-order valence-corrected chi connectivity index (χ1v) is 7.74. The van der Waals surface area contributed by atoms with Gasteiger partial charge in [-0.15, -0.1) is 0 Å². The number of ether oxygens (including phenoxy) is 1. The predicted octanol–water partition coefficient (Wildman–Crippen LogP) is 3.23. The highest BCUT2D eigenvalue weighted by atomic mass is 32.1. The molecule has 1 aliphatic rings. The van der Waals surface area contributed by atoms with Crippen molar-refractivity contribution in [3.8, 4) is 11.1 Å². The van der Waals surface area contributed by atoms with Crippen LogP contribution in [0.1, 0.15) is 12.8 Å². The minimum absolute atomic E-state index is 0.586. The van der Waals surface area contributed by atoms with Crippen molar-refractivity contribution in [2.24, 2.45) is 5.92 Å². The average molecular weight is 289 g/mol. The molecule has 20 heavy (non-hydrogen) atoms. The molecule has 0 aliphatic heterocycles. The Bertz CT molecular complexity index is 552. The monoisotopic (exact) mass is 289 g/mol. The molecule has 0 amide bonds. The molecule has 1 aromatic heterocycles. The van der Waals surface area contributed by atoms with E-state index in [0.717, 1.165) is 41.8 Å². The SMILES string of the molecule is Nc1nsc(NCCOCC2CC2)c1-c1ccccc1. The number of nitrogen functional groups attached to an aromatic ring is 1. The zero-order valence-corrected chi connectivity index (χ0v) is 12.2. The van der Waals surface area contributed by atoms with Gasteiger partial charge in [-0.3, -0.25) is 0 Å². The van der Waals surface area contributed by atoms with Gasteiger partial charge in [-0.05, 0) is 35.9 Å². The number of aromatic nitrogens is 1. The third kappa shape index (κ3) is 3.29. The Hall–Kier alpha value is -1.59. The van der Waals surface area contributed by atoms with Crippen molar-refractivity contribution in [2.75, 3.05) is 30.8 Å². The maximum Gasteiger partial charge on any atom is 0.147 e. The zero-order chi connectivity index (χ0) is 13.8. The van der Waals surface area contributed by atoms with E-state index in [9.17, 15) is 0 Å². The quantitative estimate of drug-likeness (QED) is 0.768. The van der Waals surface area contributed by atoms with E-state index in [1.165, 1.54) is 24.4 Å². The molecule has 3 N–H and O–H groups in total. The van der Waals surface area contributed by atoms with Crippen LogP contribution in [-0.4, -0.2) is 24.1 Å². The second-order valence-electron chi connectivity index (χ2n) is 5.08. The molecule has 106 valence electrons. The van der Waals surface area contributed by atoms with Crippen LogP contribution in [0.2, 0.25) is 0 Å². The van der Waals surface area contributed by atoms with E-state index >= 15 is 0 Å². The fourth-order valence-corrected chi connectivity index (χ4v) is 2.84. The lowest BCUT2D eigenvalue weighted by Crippen LogP contribution is -2.10. The molecule has 2 aromatic rings. The van der Waals surface area contributed by atoms with Crippen molar-refractivity contribution in [3.05, 3.63) is 30.3 Å². The van der Waals surface area contributed by atoms with Crippen LogP contribution >= 0.6 is 11.5 Å². The summed E-state index contributed by atoms with van der Waals surface area (Å²) >= 11 is 1.41. The van der Waals surface area contributed by atoms with Crippen LogP contribution in [0.3, 0.4) is 0 Å². The number of hydrogen-bond acceptors (Lipinski definition) is 5. The van der Waals surface area contributed by atoms with Crippen molar-refractivity contribution in [1.82, 2.24) is 4.37 Å². The Balaban J connectivity index is 1.58. The number of benzene rings is 1. The topological polar surface area (TPSA) is 60.2 Å². The summed E-state index contributed by atoms with van der Waals surface area (Å²) in [6.07, 6.45) is 2.66. The molecule has 0 radical (unpaired) electrons. The molecular weight excluding hydrogens is 270 g/mol. The van der Waals surface area contributed by atoms with Gasteiger partial charge in [0.05, 0.1) is 12.2 Å². The summed E-state index contributed by atoms with van der Waals surface area (Å²) in [5.74, 6) is 1.40. The van der Waals surface area contributed by atoms with Gasteiger partial charge in [-0.1, -0.05) is 30.3 Å². The van der Waals surface area contributed by atoms with Gasteiger partial charge < -0.3 is 15.8 Å². The number of nitrogens with two attached hydrogens (primary N) is 1. The summed E-state index contributed by atoms with van der Waals surface area (Å²) < 4.78 is 9.87. The standard InChI is InChI=1S/C15H19N3OS/c16-14-13(12-4-2-1-3-5-12)15(20-18-14)17-8-9-19-10-11-6-7-11/h1-5,11,17H,6-10H2,(H2,16,18). The van der Waals surface area contributed by atoms with Gasteiger partial charge in [0, 0.05) is 13.2 Å². The molecule has 1 fully saturated rings. The zero-order valence-electron chi connectivity index (χ0n) is 11.3. The third-order valence-electron chi connectivity index (χ3n) is 3.36. The van der Waals surface area contributed by atoms with Crippen molar-refractivity contribution < 1.29 is 4.74 Å². The highest BCUT2D eigenvalue weighted by molar-refractivity contribution is 7.11. The van der Waals surface area contributed by atoms with Gasteiger partial charge in [-0.25, -0.2) is 0 Å². The minimum Gasteiger partial charge on any atom is -0.382 e. The Morgan fingerprint density at radius 2 is 2.10 bits per heavy atom. The molecule has 0 bridgehead atoms. The van der Waals surface area contributed by atoms with Gasteiger partial charge in [0.2, 0.25) is 0 Å². The normalized spacial score (nSPS) is 14.4. The predicted molar refractivity (Wildman–Crippen MR) is 84.0 cm³/mol. The van der Waals surface area contributed by atoms with Gasteiger partial charge in [0.25, 0.3) is 0 Å². The van der Waals surface area contributed by atoms with Crippen LogP contribution in [0.15, 0.2) is 30.3 Å². The van der Waals surface area contributed by atoms with Crippen LogP contribution in [0.4, 0.5) is 10.8 Å². The van der Waals surface area contributed by atoms with Crippen LogP contribution in [-0.2, 0) is 4.74 Å². The molecular formula is C15H19N3OS. The van der Waals surface area contributed by atoms with Crippen molar-refractivity contribution in [3.63, 3.8) is 0 Å². The Morgan fingerprint density at radius 3 is 2.85 bits per heavy atom. The summed E-state index contributed by atoms with van der Waals surface area (Å²) in [4.78, 5) is 0. The number of nitrogens with zero attached hydrogens (tertiary/aromatic N) is 1. The van der Waals surface area contributed by atoms with Crippen molar-refractivity contribution in [1.29, 1.82) is 0 Å². The molecule has 1 aliphatic carbocycles. The van der Waals surface area contributed by atoms with E-state index in [-0.39, 0.29) is 0 Å². The van der Waals surface area contributed by atoms with Gasteiger partial charge >= 0.3 is 0 Å². The average Bonchev–Trinajstić information content (AvgIpc) is 3.22. The molecule has 0 unspecified atom stereocenters. The molecule has 0 atom stereocenters. The third-order valence-corrected chi connectivity index (χ3v) is 4.18.